The third-order valence-electron chi connectivity index (χ3n) is 5.55. The number of carbonyl (C=O) groups is 1. The van der Waals surface area contributed by atoms with Crippen LogP contribution in [0.4, 0.5) is 23.5 Å². The maximum atomic E-state index is 14.1. The second kappa shape index (κ2) is 10.2. The van der Waals surface area contributed by atoms with Gasteiger partial charge >= 0.3 is 6.18 Å². The van der Waals surface area contributed by atoms with E-state index in [1.54, 1.807) is 18.2 Å². The fourth-order valence-corrected chi connectivity index (χ4v) is 4.17. The summed E-state index contributed by atoms with van der Waals surface area (Å²) < 4.78 is 62.8. The van der Waals surface area contributed by atoms with Gasteiger partial charge < -0.3 is 4.74 Å². The Morgan fingerprint density at radius 3 is 2.59 bits per heavy atom. The molecule has 39 heavy (non-hydrogen) atoms. The Morgan fingerprint density at radius 2 is 1.87 bits per heavy atom. The van der Waals surface area contributed by atoms with Gasteiger partial charge in [0.25, 0.3) is 5.91 Å². The number of ether oxygens (including phenoxy) is 1. The van der Waals surface area contributed by atoms with Gasteiger partial charge in [-0.15, -0.1) is 5.10 Å². The lowest BCUT2D eigenvalue weighted by molar-refractivity contribution is -0.142. The Morgan fingerprint density at radius 1 is 1.10 bits per heavy atom. The summed E-state index contributed by atoms with van der Waals surface area (Å²) in [6.45, 7) is -0.0879. The summed E-state index contributed by atoms with van der Waals surface area (Å²) in [5.41, 5.74) is -1.70. The molecule has 5 aromatic rings. The quantitative estimate of drug-likeness (QED) is 0.257. The van der Waals surface area contributed by atoms with Gasteiger partial charge in [-0.3, -0.25) is 10.1 Å². The zero-order valence-electron chi connectivity index (χ0n) is 19.7. The van der Waals surface area contributed by atoms with Crippen molar-refractivity contribution < 1.29 is 27.1 Å². The first-order valence-corrected chi connectivity index (χ1v) is 11.8. The molecule has 0 fully saturated rings. The van der Waals surface area contributed by atoms with Gasteiger partial charge in [0, 0.05) is 16.1 Å². The molecule has 0 bridgehead atoms. The van der Waals surface area contributed by atoms with E-state index in [1.807, 2.05) is 0 Å². The highest BCUT2D eigenvalue weighted by atomic mass is 35.5. The van der Waals surface area contributed by atoms with Crippen molar-refractivity contribution in [2.75, 3.05) is 12.4 Å². The van der Waals surface area contributed by atoms with E-state index >= 15 is 0 Å². The van der Waals surface area contributed by atoms with Crippen LogP contribution in [0.3, 0.4) is 0 Å². The Kier molecular flexibility index (Phi) is 6.87. The van der Waals surface area contributed by atoms with Gasteiger partial charge in [-0.25, -0.2) is 23.6 Å². The highest BCUT2D eigenvalue weighted by molar-refractivity contribution is 6.37. The van der Waals surface area contributed by atoms with Crippen molar-refractivity contribution in [3.05, 3.63) is 87.7 Å². The molecule has 5 rings (SSSR count). The van der Waals surface area contributed by atoms with Crippen LogP contribution in [0.15, 0.2) is 54.9 Å². The number of anilines is 1. The van der Waals surface area contributed by atoms with Crippen molar-refractivity contribution in [2.45, 2.75) is 12.7 Å². The molecule has 200 valence electrons. The number of hydrogen-bond acceptors (Lipinski definition) is 6. The average molecular weight is 580 g/mol. The number of nitrogens with one attached hydrogen (secondary N) is 1. The molecule has 15 heteroatoms. The number of fused-ring (bicyclic) bond motifs is 1. The molecular formula is C24H15Cl2F4N7O2. The summed E-state index contributed by atoms with van der Waals surface area (Å²) in [4.78, 5) is 21.1. The number of aromatic nitrogens is 6. The van der Waals surface area contributed by atoms with Crippen LogP contribution in [0.5, 0.6) is 5.75 Å². The summed E-state index contributed by atoms with van der Waals surface area (Å²) in [7, 11) is 1.42. The van der Waals surface area contributed by atoms with Crippen molar-refractivity contribution >= 4 is 40.7 Å². The first-order valence-electron chi connectivity index (χ1n) is 11.0. The summed E-state index contributed by atoms with van der Waals surface area (Å²) in [6.07, 6.45) is -3.64. The minimum atomic E-state index is -4.85. The smallest absolute Gasteiger partial charge is 0.433 e. The van der Waals surface area contributed by atoms with Gasteiger partial charge in [0.15, 0.2) is 17.0 Å². The molecule has 0 unspecified atom stereocenters. The van der Waals surface area contributed by atoms with Crippen LogP contribution in [-0.4, -0.2) is 42.4 Å². The number of amides is 1. The second-order valence-corrected chi connectivity index (χ2v) is 8.86. The third kappa shape index (κ3) is 5.22. The Hall–Kier alpha value is -4.23. The van der Waals surface area contributed by atoms with E-state index in [2.05, 4.69) is 25.5 Å². The monoisotopic (exact) mass is 579 g/mol. The minimum absolute atomic E-state index is 0.0605. The predicted octanol–water partition coefficient (Wildman–Crippen LogP) is 5.76. The molecule has 1 amide bonds. The van der Waals surface area contributed by atoms with E-state index < -0.39 is 34.3 Å². The average Bonchev–Trinajstić information content (AvgIpc) is 3.48. The first-order chi connectivity index (χ1) is 18.5. The normalized spacial score (nSPS) is 11.7. The molecule has 0 aliphatic heterocycles. The molecule has 0 spiro atoms. The van der Waals surface area contributed by atoms with Gasteiger partial charge in [0.2, 0.25) is 5.95 Å². The van der Waals surface area contributed by atoms with Crippen LogP contribution in [0.25, 0.3) is 16.9 Å². The zero-order valence-corrected chi connectivity index (χ0v) is 21.2. The summed E-state index contributed by atoms with van der Waals surface area (Å²) in [5.74, 6) is -1.35. The maximum absolute atomic E-state index is 14.1. The predicted molar refractivity (Wildman–Crippen MR) is 133 cm³/mol. The van der Waals surface area contributed by atoms with Crippen LogP contribution < -0.4 is 10.1 Å². The molecule has 0 aliphatic rings. The van der Waals surface area contributed by atoms with Crippen LogP contribution in [0.1, 0.15) is 21.7 Å². The number of nitrogens with zero attached hydrogens (tertiary/aromatic N) is 6. The van der Waals surface area contributed by atoms with Gasteiger partial charge in [-0.05, 0) is 30.3 Å². The van der Waals surface area contributed by atoms with Crippen molar-refractivity contribution in [3.8, 4) is 17.0 Å². The number of alkyl halides is 3. The molecule has 0 saturated carbocycles. The van der Waals surface area contributed by atoms with Gasteiger partial charge in [-0.1, -0.05) is 41.4 Å². The molecule has 9 nitrogen and oxygen atoms in total. The van der Waals surface area contributed by atoms with E-state index in [1.165, 1.54) is 42.4 Å². The Labute approximate surface area is 227 Å². The molecule has 1 N–H and O–H groups in total. The maximum Gasteiger partial charge on any atom is 0.433 e. The highest BCUT2D eigenvalue weighted by Crippen LogP contribution is 2.35. The van der Waals surface area contributed by atoms with Crippen LogP contribution in [0.2, 0.25) is 10.0 Å². The van der Waals surface area contributed by atoms with E-state index in [0.717, 1.165) is 6.07 Å². The molecule has 2 aromatic carbocycles. The van der Waals surface area contributed by atoms with Gasteiger partial charge in [0.05, 0.1) is 19.3 Å². The lowest BCUT2D eigenvalue weighted by atomic mass is 10.1. The molecular weight excluding hydrogens is 565 g/mol. The van der Waals surface area contributed by atoms with E-state index in [0.29, 0.717) is 15.8 Å². The number of carbonyl (C=O) groups excluding carboxylic acids is 1. The number of benzene rings is 2. The number of rotatable bonds is 6. The molecule has 0 radical (unpaired) electrons. The standard InChI is InChI=1S/C24H15Cl2F4N7O2/c1-39-13-5-2-4-12(8-13)17-9-18(24(28,29)30)37-21(32-17)19(26)20(34-37)22(38)33-23-31-11-36(35-23)10-14-15(25)6-3-7-16(14)27/h2-9,11H,10H2,1H3,(H,33,35,38). The molecule has 3 aromatic heterocycles. The number of methoxy groups -OCH3 is 1. The van der Waals surface area contributed by atoms with Crippen molar-refractivity contribution in [2.24, 2.45) is 0 Å². The molecule has 0 saturated heterocycles. The summed E-state index contributed by atoms with van der Waals surface area (Å²) in [6, 6.07) is 11.3. The van der Waals surface area contributed by atoms with Crippen LogP contribution in [-0.2, 0) is 12.7 Å². The van der Waals surface area contributed by atoms with Crippen molar-refractivity contribution in [1.29, 1.82) is 0 Å². The van der Waals surface area contributed by atoms with Crippen molar-refractivity contribution in [3.63, 3.8) is 0 Å². The van der Waals surface area contributed by atoms with E-state index in [-0.39, 0.29) is 34.4 Å². The molecule has 0 atom stereocenters. The summed E-state index contributed by atoms with van der Waals surface area (Å²) >= 11 is 12.3. The zero-order chi connectivity index (χ0) is 27.9. The Bertz CT molecular complexity index is 1700. The topological polar surface area (TPSA) is 99.2 Å². The number of halogens is 6. The molecule has 3 heterocycles. The lowest BCUT2D eigenvalue weighted by Gasteiger charge is -2.11. The Balaban J connectivity index is 1.48. The summed E-state index contributed by atoms with van der Waals surface area (Å²) in [5, 5.41) is 9.88. The van der Waals surface area contributed by atoms with E-state index in [9.17, 15) is 22.4 Å². The fraction of sp³-hybridized carbons (Fsp3) is 0.125. The fourth-order valence-electron chi connectivity index (χ4n) is 3.70. The lowest BCUT2D eigenvalue weighted by Crippen LogP contribution is -2.16. The molecule has 0 aliphatic carbocycles. The minimum Gasteiger partial charge on any atom is -0.497 e. The highest BCUT2D eigenvalue weighted by Gasteiger charge is 2.37. The number of hydrogen-bond donors (Lipinski definition) is 1. The van der Waals surface area contributed by atoms with Gasteiger partial charge in [0.1, 0.15) is 22.9 Å². The third-order valence-corrected chi connectivity index (χ3v) is 6.25. The first kappa shape index (κ1) is 26.4. The second-order valence-electron chi connectivity index (χ2n) is 8.07. The van der Waals surface area contributed by atoms with Crippen LogP contribution in [0, 0.1) is 5.82 Å². The SMILES string of the molecule is COc1cccc(-c2cc(C(F)(F)F)n3nc(C(=O)Nc4ncn(Cc5c(F)cccc5Cl)n4)c(Cl)c3n2)c1. The van der Waals surface area contributed by atoms with Crippen molar-refractivity contribution in [1.82, 2.24) is 29.4 Å². The van der Waals surface area contributed by atoms with Gasteiger partial charge in [-0.2, -0.15) is 18.3 Å². The van der Waals surface area contributed by atoms with E-state index in [4.69, 9.17) is 27.9 Å². The van der Waals surface area contributed by atoms with Crippen LogP contribution >= 0.6 is 23.2 Å². The largest absolute Gasteiger partial charge is 0.497 e.